The lowest BCUT2D eigenvalue weighted by atomic mass is 9.49. The van der Waals surface area contributed by atoms with Gasteiger partial charge in [-0.1, -0.05) is 68.5 Å². The van der Waals surface area contributed by atoms with E-state index in [0.717, 1.165) is 12.0 Å². The first-order valence-corrected chi connectivity index (χ1v) is 15.3. The van der Waals surface area contributed by atoms with Crippen molar-refractivity contribution in [2.45, 2.75) is 115 Å². The SMILES string of the molecule is C[C@H]1C/C=C/[C@H]2[C@@H]3OC(C)(C)O[C@]3(C)[C@@H](C)[C@H]3[C@H](Cc4ccccc4)NC(=O)[C@]32[C@H](O)/C=C/[C@@]2(C)OC(C)(C)O[C@H]12. The number of nitrogens with one attached hydrogen (secondary N) is 1. The number of carbonyl (C=O) groups is 1. The molecule has 224 valence electrons. The molecule has 4 fully saturated rings. The van der Waals surface area contributed by atoms with E-state index in [1.807, 2.05) is 58.9 Å². The summed E-state index contributed by atoms with van der Waals surface area (Å²) in [6.45, 7) is 16.2. The lowest BCUT2D eigenvalue weighted by Crippen LogP contribution is -2.66. The molecule has 11 atom stereocenters. The molecule has 3 saturated heterocycles. The first-order valence-electron chi connectivity index (χ1n) is 15.3. The summed E-state index contributed by atoms with van der Waals surface area (Å²) < 4.78 is 26.2. The Hall–Kier alpha value is -2.03. The summed E-state index contributed by atoms with van der Waals surface area (Å²) in [5.74, 6) is -2.28. The van der Waals surface area contributed by atoms with E-state index >= 15 is 0 Å². The molecule has 2 aliphatic carbocycles. The van der Waals surface area contributed by atoms with Gasteiger partial charge in [0.05, 0.1) is 29.3 Å². The fourth-order valence-corrected chi connectivity index (χ4v) is 9.11. The average molecular weight is 566 g/mol. The summed E-state index contributed by atoms with van der Waals surface area (Å²) in [7, 11) is 0. The highest BCUT2D eigenvalue weighted by Crippen LogP contribution is 2.64. The molecule has 3 aliphatic heterocycles. The molecule has 5 aliphatic rings. The van der Waals surface area contributed by atoms with Gasteiger partial charge in [0, 0.05) is 17.9 Å². The molecular formula is C34H47NO6. The smallest absolute Gasteiger partial charge is 0.230 e. The standard InChI is InChI=1S/C34H47NO6/c1-20-13-12-16-23-28-33(8,41-31(5,6)39-28)21(2)26-24(19-22-14-10-9-11-15-22)35-29(37)34(23,26)25(36)17-18-32(7)27(20)38-30(3,4)40-32/h9-12,14-18,20-21,23-28,36H,13,19H2,1-8H3,(H,35,37)/b16-12+,18-17+/t20-,21-,23-,24-,25+,26-,27+,28-,32+,33+,34+/m0/s1. The molecular weight excluding hydrogens is 518 g/mol. The summed E-state index contributed by atoms with van der Waals surface area (Å²) in [5, 5.41) is 15.7. The zero-order chi connectivity index (χ0) is 29.6. The highest BCUT2D eigenvalue weighted by molar-refractivity contribution is 5.88. The van der Waals surface area contributed by atoms with Crippen LogP contribution in [0.5, 0.6) is 0 Å². The molecule has 7 nitrogen and oxygen atoms in total. The van der Waals surface area contributed by atoms with Gasteiger partial charge >= 0.3 is 0 Å². The van der Waals surface area contributed by atoms with E-state index in [1.54, 1.807) is 6.08 Å². The summed E-state index contributed by atoms with van der Waals surface area (Å²) in [6, 6.07) is 10.1. The van der Waals surface area contributed by atoms with Crippen LogP contribution in [0, 0.1) is 29.1 Å². The van der Waals surface area contributed by atoms with E-state index in [2.05, 4.69) is 50.4 Å². The fraction of sp³-hybridized carbons (Fsp3) is 0.676. The van der Waals surface area contributed by atoms with E-state index < -0.39 is 46.3 Å². The number of hydrogen-bond donors (Lipinski definition) is 2. The molecule has 1 spiro atoms. The number of rotatable bonds is 2. The molecule has 6 rings (SSSR count). The van der Waals surface area contributed by atoms with Crippen molar-refractivity contribution >= 4 is 5.91 Å². The summed E-state index contributed by atoms with van der Waals surface area (Å²) in [5.41, 5.74) is -1.42. The van der Waals surface area contributed by atoms with Crippen molar-refractivity contribution in [1.29, 1.82) is 0 Å². The Bertz CT molecular complexity index is 1240. The fourth-order valence-electron chi connectivity index (χ4n) is 9.11. The number of aliphatic hydroxyl groups excluding tert-OH is 1. The van der Waals surface area contributed by atoms with Crippen molar-refractivity contribution in [1.82, 2.24) is 5.32 Å². The first-order chi connectivity index (χ1) is 19.1. The number of carbonyl (C=O) groups excluding carboxylic acids is 1. The predicted molar refractivity (Wildman–Crippen MR) is 156 cm³/mol. The molecule has 0 aromatic heterocycles. The molecule has 1 amide bonds. The second-order valence-electron chi connectivity index (χ2n) is 14.4. The van der Waals surface area contributed by atoms with Crippen LogP contribution in [0.15, 0.2) is 54.6 Å². The number of aliphatic hydroxyl groups is 1. The lowest BCUT2D eigenvalue weighted by molar-refractivity contribution is -0.183. The van der Waals surface area contributed by atoms with Crippen LogP contribution < -0.4 is 5.32 Å². The lowest BCUT2D eigenvalue weighted by Gasteiger charge is -2.56. The third-order valence-electron chi connectivity index (χ3n) is 10.7. The summed E-state index contributed by atoms with van der Waals surface area (Å²) in [6.07, 6.45) is 7.72. The zero-order valence-electron chi connectivity index (χ0n) is 25.7. The maximum atomic E-state index is 14.5. The van der Waals surface area contributed by atoms with Gasteiger partial charge in [-0.3, -0.25) is 4.79 Å². The molecule has 41 heavy (non-hydrogen) atoms. The molecule has 0 bridgehead atoms. The molecule has 1 aromatic carbocycles. The first kappa shape index (κ1) is 29.1. The van der Waals surface area contributed by atoms with Crippen molar-refractivity contribution in [2.75, 3.05) is 0 Å². The highest BCUT2D eigenvalue weighted by Gasteiger charge is 2.75. The van der Waals surface area contributed by atoms with E-state index in [-0.39, 0.29) is 35.8 Å². The van der Waals surface area contributed by atoms with Gasteiger partial charge in [-0.2, -0.15) is 0 Å². The number of ether oxygens (including phenoxy) is 4. The van der Waals surface area contributed by atoms with Crippen LogP contribution in [0.25, 0.3) is 0 Å². The number of allylic oxidation sites excluding steroid dienone is 1. The highest BCUT2D eigenvalue weighted by atomic mass is 16.8. The van der Waals surface area contributed by atoms with Crippen LogP contribution in [0.2, 0.25) is 0 Å². The average Bonchev–Trinajstić information content (AvgIpc) is 3.42. The Labute approximate surface area is 244 Å². The van der Waals surface area contributed by atoms with Crippen molar-refractivity contribution < 1.29 is 28.8 Å². The minimum absolute atomic E-state index is 0.0907. The van der Waals surface area contributed by atoms with Gasteiger partial charge in [-0.25, -0.2) is 0 Å². The van der Waals surface area contributed by atoms with Crippen molar-refractivity contribution in [3.05, 3.63) is 60.2 Å². The number of hydrogen-bond acceptors (Lipinski definition) is 6. The van der Waals surface area contributed by atoms with Gasteiger partial charge < -0.3 is 29.4 Å². The van der Waals surface area contributed by atoms with Gasteiger partial charge in [0.1, 0.15) is 5.60 Å². The Balaban J connectivity index is 1.52. The third-order valence-corrected chi connectivity index (χ3v) is 10.7. The quantitative estimate of drug-likeness (QED) is 0.495. The number of fused-ring (bicyclic) bond motifs is 3. The Morgan fingerprint density at radius 3 is 2.29 bits per heavy atom. The minimum Gasteiger partial charge on any atom is -0.388 e. The van der Waals surface area contributed by atoms with Crippen LogP contribution >= 0.6 is 0 Å². The number of amides is 1. The van der Waals surface area contributed by atoms with Crippen molar-refractivity contribution in [3.8, 4) is 0 Å². The third kappa shape index (κ3) is 4.37. The normalized spacial score (nSPS) is 49.5. The van der Waals surface area contributed by atoms with Gasteiger partial charge in [0.2, 0.25) is 5.91 Å². The van der Waals surface area contributed by atoms with Gasteiger partial charge in [-0.05, 0) is 71.8 Å². The molecule has 3 heterocycles. The predicted octanol–water partition coefficient (Wildman–Crippen LogP) is 4.93. The van der Waals surface area contributed by atoms with Crippen LogP contribution in [-0.2, 0) is 30.2 Å². The van der Waals surface area contributed by atoms with Crippen molar-refractivity contribution in [3.63, 3.8) is 0 Å². The molecule has 1 saturated carbocycles. The Morgan fingerprint density at radius 2 is 1.59 bits per heavy atom. The van der Waals surface area contributed by atoms with E-state index in [9.17, 15) is 9.90 Å². The van der Waals surface area contributed by atoms with Crippen molar-refractivity contribution in [2.24, 2.45) is 29.1 Å². The molecule has 2 N–H and O–H groups in total. The van der Waals surface area contributed by atoms with E-state index in [0.29, 0.717) is 6.42 Å². The van der Waals surface area contributed by atoms with Gasteiger partial charge in [0.25, 0.3) is 0 Å². The topological polar surface area (TPSA) is 86.3 Å². The van der Waals surface area contributed by atoms with E-state index in [1.165, 1.54) is 0 Å². The molecule has 0 radical (unpaired) electrons. The number of benzene rings is 1. The van der Waals surface area contributed by atoms with Crippen LogP contribution in [-0.4, -0.2) is 58.1 Å². The Kier molecular flexibility index (Phi) is 6.72. The minimum atomic E-state index is -1.16. The molecule has 1 aromatic rings. The second kappa shape index (κ2) is 9.48. The van der Waals surface area contributed by atoms with Crippen LogP contribution in [0.3, 0.4) is 0 Å². The summed E-state index contributed by atoms with van der Waals surface area (Å²) >= 11 is 0. The summed E-state index contributed by atoms with van der Waals surface area (Å²) in [4.78, 5) is 14.5. The van der Waals surface area contributed by atoms with Crippen LogP contribution in [0.4, 0.5) is 0 Å². The monoisotopic (exact) mass is 565 g/mol. The zero-order valence-corrected chi connectivity index (χ0v) is 25.7. The largest absolute Gasteiger partial charge is 0.388 e. The van der Waals surface area contributed by atoms with Crippen LogP contribution in [0.1, 0.15) is 67.4 Å². The molecule has 7 heteroatoms. The van der Waals surface area contributed by atoms with Gasteiger partial charge in [-0.15, -0.1) is 0 Å². The second-order valence-corrected chi connectivity index (χ2v) is 14.4. The maximum absolute atomic E-state index is 14.5. The molecule has 0 unspecified atom stereocenters. The maximum Gasteiger partial charge on any atom is 0.230 e. The van der Waals surface area contributed by atoms with Gasteiger partial charge in [0.15, 0.2) is 11.6 Å². The van der Waals surface area contributed by atoms with E-state index in [4.69, 9.17) is 18.9 Å². The Morgan fingerprint density at radius 1 is 0.927 bits per heavy atom.